The highest BCUT2D eigenvalue weighted by Crippen LogP contribution is 2.32. The van der Waals surface area contributed by atoms with E-state index in [1.54, 1.807) is 11.3 Å². The number of hydrogen-bond donors (Lipinski definition) is 1. The van der Waals surface area contributed by atoms with E-state index in [-0.39, 0.29) is 0 Å². The molecule has 1 aromatic heterocycles. The largest absolute Gasteiger partial charge is 0.316 e. The molecule has 0 amide bonds. The van der Waals surface area contributed by atoms with Gasteiger partial charge in [0, 0.05) is 13.1 Å². The molecule has 0 bridgehead atoms. The zero-order valence-corrected chi connectivity index (χ0v) is 12.7. The number of piperidine rings is 1. The van der Waals surface area contributed by atoms with Gasteiger partial charge in [0.25, 0.3) is 0 Å². The number of thiophene rings is 1. The second-order valence-electron chi connectivity index (χ2n) is 6.34. The summed E-state index contributed by atoms with van der Waals surface area (Å²) in [5, 5.41) is 7.96. The second-order valence-corrected chi connectivity index (χ2v) is 7.12. The van der Waals surface area contributed by atoms with Crippen LogP contribution in [0.1, 0.15) is 32.3 Å². The van der Waals surface area contributed by atoms with Crippen molar-refractivity contribution < 1.29 is 0 Å². The van der Waals surface area contributed by atoms with E-state index in [9.17, 15) is 0 Å². The highest BCUT2D eigenvalue weighted by Gasteiger charge is 2.31. The van der Waals surface area contributed by atoms with Crippen molar-refractivity contribution in [3.8, 4) is 0 Å². The van der Waals surface area contributed by atoms with Crippen molar-refractivity contribution in [1.29, 1.82) is 0 Å². The van der Waals surface area contributed by atoms with Crippen LogP contribution in [0.25, 0.3) is 0 Å². The summed E-state index contributed by atoms with van der Waals surface area (Å²) >= 11 is 1.79. The molecule has 1 saturated heterocycles. The van der Waals surface area contributed by atoms with Crippen LogP contribution in [0.2, 0.25) is 0 Å². The first kappa shape index (κ1) is 14.0. The highest BCUT2D eigenvalue weighted by molar-refractivity contribution is 7.07. The average Bonchev–Trinajstić information content (AvgIpc) is 2.82. The van der Waals surface area contributed by atoms with Gasteiger partial charge in [0.1, 0.15) is 0 Å². The van der Waals surface area contributed by atoms with Crippen LogP contribution < -0.4 is 5.32 Å². The molecule has 0 saturated carbocycles. The van der Waals surface area contributed by atoms with Crippen LogP contribution in [0.15, 0.2) is 16.8 Å². The minimum Gasteiger partial charge on any atom is -0.316 e. The lowest BCUT2D eigenvalue weighted by Gasteiger charge is -2.40. The molecule has 1 aromatic rings. The first-order valence-electron chi connectivity index (χ1n) is 6.98. The van der Waals surface area contributed by atoms with Crippen LogP contribution in [0.4, 0.5) is 0 Å². The van der Waals surface area contributed by atoms with Gasteiger partial charge in [0.15, 0.2) is 0 Å². The molecule has 0 spiro atoms. The van der Waals surface area contributed by atoms with Gasteiger partial charge in [0.05, 0.1) is 0 Å². The van der Waals surface area contributed by atoms with Crippen LogP contribution in [0.5, 0.6) is 0 Å². The molecule has 18 heavy (non-hydrogen) atoms. The number of hydrogen-bond acceptors (Lipinski definition) is 3. The van der Waals surface area contributed by atoms with Crippen molar-refractivity contribution >= 4 is 11.3 Å². The summed E-state index contributed by atoms with van der Waals surface area (Å²) < 4.78 is 0. The fraction of sp³-hybridized carbons (Fsp3) is 0.733. The Morgan fingerprint density at radius 1 is 1.50 bits per heavy atom. The van der Waals surface area contributed by atoms with Crippen LogP contribution in [0, 0.1) is 11.3 Å². The van der Waals surface area contributed by atoms with E-state index in [0.29, 0.717) is 5.41 Å². The van der Waals surface area contributed by atoms with E-state index >= 15 is 0 Å². The van der Waals surface area contributed by atoms with E-state index in [1.807, 2.05) is 0 Å². The van der Waals surface area contributed by atoms with Gasteiger partial charge in [0.2, 0.25) is 0 Å². The van der Waals surface area contributed by atoms with Gasteiger partial charge in [-0.25, -0.2) is 0 Å². The predicted molar refractivity (Wildman–Crippen MR) is 80.0 cm³/mol. The van der Waals surface area contributed by atoms with Gasteiger partial charge in [-0.15, -0.1) is 0 Å². The summed E-state index contributed by atoms with van der Waals surface area (Å²) in [5.74, 6) is 0.816. The molecule has 1 aliphatic rings. The van der Waals surface area contributed by atoms with Crippen molar-refractivity contribution in [1.82, 2.24) is 10.2 Å². The number of rotatable bonds is 5. The average molecular weight is 266 g/mol. The third-order valence-corrected chi connectivity index (χ3v) is 4.84. The maximum Gasteiger partial charge on any atom is 0.0239 e. The molecule has 1 unspecified atom stereocenters. The molecule has 0 aromatic carbocycles. The van der Waals surface area contributed by atoms with Crippen molar-refractivity contribution in [2.75, 3.05) is 26.7 Å². The molecule has 0 aliphatic carbocycles. The summed E-state index contributed by atoms with van der Waals surface area (Å²) in [4.78, 5) is 2.47. The van der Waals surface area contributed by atoms with Crippen LogP contribution >= 0.6 is 11.3 Å². The molecular weight excluding hydrogens is 240 g/mol. The van der Waals surface area contributed by atoms with Gasteiger partial charge in [-0.3, -0.25) is 0 Å². The van der Waals surface area contributed by atoms with Gasteiger partial charge in [-0.1, -0.05) is 13.8 Å². The van der Waals surface area contributed by atoms with E-state index in [4.69, 9.17) is 0 Å². The molecule has 1 atom stereocenters. The Balaban J connectivity index is 1.86. The lowest BCUT2D eigenvalue weighted by molar-refractivity contribution is 0.111. The van der Waals surface area contributed by atoms with Crippen LogP contribution in [0.3, 0.4) is 0 Å². The molecule has 2 nitrogen and oxygen atoms in total. The fourth-order valence-electron chi connectivity index (χ4n) is 3.09. The zero-order valence-electron chi connectivity index (χ0n) is 11.9. The number of nitrogens with zero attached hydrogens (tertiary/aromatic N) is 1. The summed E-state index contributed by atoms with van der Waals surface area (Å²) in [5.41, 5.74) is 1.85. The summed E-state index contributed by atoms with van der Waals surface area (Å²) in [7, 11) is 2.25. The molecular formula is C15H26N2S. The fourth-order valence-corrected chi connectivity index (χ4v) is 3.75. The first-order chi connectivity index (χ1) is 8.58. The predicted octanol–water partition coefficient (Wildman–Crippen LogP) is 3.21. The summed E-state index contributed by atoms with van der Waals surface area (Å²) in [6.45, 7) is 9.50. The smallest absolute Gasteiger partial charge is 0.0239 e. The third-order valence-electron chi connectivity index (χ3n) is 4.11. The summed E-state index contributed by atoms with van der Waals surface area (Å²) in [6, 6.07) is 2.23. The Morgan fingerprint density at radius 2 is 2.33 bits per heavy atom. The van der Waals surface area contributed by atoms with Gasteiger partial charge in [-0.05, 0) is 66.7 Å². The van der Waals surface area contributed by atoms with E-state index in [2.05, 4.69) is 47.9 Å². The molecule has 1 aliphatic heterocycles. The Bertz CT molecular complexity index is 339. The maximum absolute atomic E-state index is 3.54. The minimum atomic E-state index is 0.401. The monoisotopic (exact) mass is 266 g/mol. The molecule has 1 N–H and O–H groups in total. The zero-order chi connectivity index (χ0) is 13.0. The van der Waals surface area contributed by atoms with Crippen LogP contribution in [-0.2, 0) is 6.54 Å². The van der Waals surface area contributed by atoms with Gasteiger partial charge >= 0.3 is 0 Å². The lowest BCUT2D eigenvalue weighted by Crippen LogP contribution is -2.43. The van der Waals surface area contributed by atoms with Crippen molar-refractivity contribution in [2.24, 2.45) is 11.3 Å². The molecule has 3 heteroatoms. The molecule has 0 radical (unpaired) electrons. The highest BCUT2D eigenvalue weighted by atomic mass is 32.1. The minimum absolute atomic E-state index is 0.401. The lowest BCUT2D eigenvalue weighted by atomic mass is 9.74. The maximum atomic E-state index is 3.54. The molecule has 2 rings (SSSR count). The summed E-state index contributed by atoms with van der Waals surface area (Å²) in [6.07, 6.45) is 2.72. The topological polar surface area (TPSA) is 15.3 Å². The van der Waals surface area contributed by atoms with Crippen molar-refractivity contribution in [3.63, 3.8) is 0 Å². The first-order valence-corrected chi connectivity index (χ1v) is 7.92. The van der Waals surface area contributed by atoms with Gasteiger partial charge in [-0.2, -0.15) is 11.3 Å². The van der Waals surface area contributed by atoms with Crippen molar-refractivity contribution in [3.05, 3.63) is 22.4 Å². The standard InChI is InChI=1S/C15H26N2S/c1-15(2,14-5-4-7-16-9-14)12-17(3)10-13-6-8-18-11-13/h6,8,11,14,16H,4-5,7,9-10,12H2,1-3H3. The Hall–Kier alpha value is -0.380. The molecule has 1 fully saturated rings. The van der Waals surface area contributed by atoms with Crippen molar-refractivity contribution in [2.45, 2.75) is 33.2 Å². The van der Waals surface area contributed by atoms with E-state index in [1.165, 1.54) is 38.0 Å². The molecule has 2 heterocycles. The normalized spacial score (nSPS) is 21.4. The molecule has 102 valence electrons. The quantitative estimate of drug-likeness (QED) is 0.880. The Labute approximate surface area is 115 Å². The SMILES string of the molecule is CN(Cc1ccsc1)CC(C)(C)C1CCCNC1. The van der Waals surface area contributed by atoms with Gasteiger partial charge < -0.3 is 10.2 Å². The van der Waals surface area contributed by atoms with Crippen LogP contribution in [-0.4, -0.2) is 31.6 Å². The second kappa shape index (κ2) is 6.18. The Kier molecular flexibility index (Phi) is 4.82. The third kappa shape index (κ3) is 3.81. The number of nitrogens with one attached hydrogen (secondary N) is 1. The van der Waals surface area contributed by atoms with E-state index in [0.717, 1.165) is 12.5 Å². The Morgan fingerprint density at radius 3 is 2.94 bits per heavy atom. The van der Waals surface area contributed by atoms with E-state index < -0.39 is 0 Å².